The van der Waals surface area contributed by atoms with Gasteiger partial charge in [-0.05, 0) is 186 Å². The summed E-state index contributed by atoms with van der Waals surface area (Å²) in [6.07, 6.45) is 14.1. The van der Waals surface area contributed by atoms with E-state index in [1.165, 1.54) is 149 Å². The molecular weight excluding hydrogens is 625 g/mol. The van der Waals surface area contributed by atoms with E-state index in [2.05, 4.69) is 137 Å². The summed E-state index contributed by atoms with van der Waals surface area (Å²) in [7, 11) is 0. The van der Waals surface area contributed by atoms with Crippen molar-refractivity contribution in [3.05, 3.63) is 131 Å². The Balaban J connectivity index is 1.39. The van der Waals surface area contributed by atoms with Crippen LogP contribution < -0.4 is 0 Å². The van der Waals surface area contributed by atoms with Crippen molar-refractivity contribution < 1.29 is 0 Å². The van der Waals surface area contributed by atoms with E-state index in [0.29, 0.717) is 0 Å². The van der Waals surface area contributed by atoms with E-state index in [1.54, 1.807) is 0 Å². The molecular formula is C52H54. The summed E-state index contributed by atoms with van der Waals surface area (Å²) in [6.45, 7) is 9.29. The minimum atomic E-state index is 1.11. The van der Waals surface area contributed by atoms with E-state index in [9.17, 15) is 0 Å². The topological polar surface area (TPSA) is 0 Å². The zero-order valence-corrected chi connectivity index (χ0v) is 31.9. The molecule has 8 aromatic carbocycles. The van der Waals surface area contributed by atoms with Gasteiger partial charge >= 0.3 is 0 Å². The zero-order chi connectivity index (χ0) is 35.6. The molecule has 8 rings (SSSR count). The lowest BCUT2D eigenvalue weighted by molar-refractivity contribution is 0.797. The summed E-state index contributed by atoms with van der Waals surface area (Å²) in [4.78, 5) is 0. The highest BCUT2D eigenvalue weighted by molar-refractivity contribution is 6.13. The van der Waals surface area contributed by atoms with Gasteiger partial charge in [0.1, 0.15) is 0 Å². The lowest BCUT2D eigenvalue weighted by atomic mass is 9.84. The highest BCUT2D eigenvalue weighted by Gasteiger charge is 2.18. The van der Waals surface area contributed by atoms with E-state index in [0.717, 1.165) is 25.7 Å². The number of hydrogen-bond acceptors (Lipinski definition) is 0. The Morgan fingerprint density at radius 2 is 0.558 bits per heavy atom. The van der Waals surface area contributed by atoms with Gasteiger partial charge in [0, 0.05) is 0 Å². The molecule has 0 amide bonds. The van der Waals surface area contributed by atoms with Gasteiger partial charge in [-0.3, -0.25) is 0 Å². The number of fused-ring (bicyclic) bond motifs is 6. The Bertz CT molecular complexity index is 2380. The van der Waals surface area contributed by atoms with Crippen molar-refractivity contribution in [1.29, 1.82) is 0 Å². The molecule has 52 heavy (non-hydrogen) atoms. The third kappa shape index (κ3) is 6.25. The summed E-state index contributed by atoms with van der Waals surface area (Å²) in [5, 5.41) is 17.1. The fourth-order valence-electron chi connectivity index (χ4n) is 9.02. The highest BCUT2D eigenvalue weighted by atomic mass is 14.2. The number of benzene rings is 8. The maximum Gasteiger partial charge on any atom is -0.0136 e. The van der Waals surface area contributed by atoms with Gasteiger partial charge in [-0.1, -0.05) is 126 Å². The first-order chi connectivity index (χ1) is 25.6. The van der Waals surface area contributed by atoms with Crippen molar-refractivity contribution in [2.45, 2.75) is 105 Å². The normalized spacial score (nSPS) is 12.0. The molecule has 0 fully saturated rings. The Kier molecular flexibility index (Phi) is 10.0. The number of hydrogen-bond donors (Lipinski definition) is 0. The van der Waals surface area contributed by atoms with E-state index >= 15 is 0 Å². The molecule has 0 heterocycles. The summed E-state index contributed by atoms with van der Waals surface area (Å²) >= 11 is 0. The molecule has 0 aliphatic heterocycles. The fourth-order valence-corrected chi connectivity index (χ4v) is 9.02. The van der Waals surface area contributed by atoms with Gasteiger partial charge in [-0.25, -0.2) is 0 Å². The van der Waals surface area contributed by atoms with Crippen LogP contribution in [0.1, 0.15) is 101 Å². The Morgan fingerprint density at radius 1 is 0.288 bits per heavy atom. The summed E-state index contributed by atoms with van der Waals surface area (Å²) < 4.78 is 0. The maximum atomic E-state index is 2.56. The SMILES string of the molecule is CCCCc1c2ccc(-c3ccc4c(CCCC)c5cc6ccccc6cc5c(CCCC)c4c3)cc2c(CCCC)c2cc3ccccc3cc12. The lowest BCUT2D eigenvalue weighted by Gasteiger charge is -2.20. The molecule has 0 bridgehead atoms. The molecule has 0 atom stereocenters. The van der Waals surface area contributed by atoms with Crippen LogP contribution in [0.2, 0.25) is 0 Å². The van der Waals surface area contributed by atoms with Crippen LogP contribution in [-0.2, 0) is 25.7 Å². The standard InChI is InChI=1S/C52H54/c1-5-9-21-41-45-27-25-39(33-47(45)43(23-11-7-3)51-31-37-19-15-13-17-35(37)29-49(41)51)40-26-28-46-42(22-10-6-2)50-30-36-18-14-16-20-38(36)32-52(50)44(24-12-8-4)48(46)34-40/h13-20,25-34H,5-12,21-24H2,1-4H3. The largest absolute Gasteiger partial charge is 0.0654 e. The maximum absolute atomic E-state index is 2.56. The predicted molar refractivity (Wildman–Crippen MR) is 231 cm³/mol. The minimum Gasteiger partial charge on any atom is -0.0654 e. The molecule has 0 aromatic heterocycles. The smallest absolute Gasteiger partial charge is 0.0136 e. The van der Waals surface area contributed by atoms with E-state index in [-0.39, 0.29) is 0 Å². The van der Waals surface area contributed by atoms with Crippen molar-refractivity contribution >= 4 is 64.6 Å². The van der Waals surface area contributed by atoms with Gasteiger partial charge in [0.25, 0.3) is 0 Å². The van der Waals surface area contributed by atoms with Gasteiger partial charge in [-0.2, -0.15) is 0 Å². The summed E-state index contributed by atoms with van der Waals surface area (Å²) in [5.74, 6) is 0. The monoisotopic (exact) mass is 678 g/mol. The van der Waals surface area contributed by atoms with Crippen LogP contribution in [0.5, 0.6) is 0 Å². The molecule has 0 aliphatic carbocycles. The Hall–Kier alpha value is -4.68. The summed E-state index contributed by atoms with van der Waals surface area (Å²) in [6, 6.07) is 42.8. The van der Waals surface area contributed by atoms with E-state index in [4.69, 9.17) is 0 Å². The zero-order valence-electron chi connectivity index (χ0n) is 31.9. The molecule has 0 saturated carbocycles. The van der Waals surface area contributed by atoms with Crippen molar-refractivity contribution in [2.75, 3.05) is 0 Å². The van der Waals surface area contributed by atoms with Crippen molar-refractivity contribution in [1.82, 2.24) is 0 Å². The fraction of sp³-hybridized carbons (Fsp3) is 0.308. The third-order valence-corrected chi connectivity index (χ3v) is 11.9. The first-order valence-electron chi connectivity index (χ1n) is 20.4. The lowest BCUT2D eigenvalue weighted by Crippen LogP contribution is -1.99. The van der Waals surface area contributed by atoms with Crippen LogP contribution in [0.25, 0.3) is 75.8 Å². The molecule has 0 N–H and O–H groups in total. The van der Waals surface area contributed by atoms with Crippen LogP contribution in [0.15, 0.2) is 109 Å². The molecule has 0 unspecified atom stereocenters. The molecule has 262 valence electrons. The van der Waals surface area contributed by atoms with Crippen LogP contribution in [-0.4, -0.2) is 0 Å². The van der Waals surface area contributed by atoms with Gasteiger partial charge in [0.2, 0.25) is 0 Å². The number of rotatable bonds is 13. The van der Waals surface area contributed by atoms with Crippen molar-refractivity contribution in [2.24, 2.45) is 0 Å². The molecule has 0 saturated heterocycles. The van der Waals surface area contributed by atoms with Crippen LogP contribution in [0.4, 0.5) is 0 Å². The third-order valence-electron chi connectivity index (χ3n) is 11.9. The van der Waals surface area contributed by atoms with Crippen LogP contribution in [0.3, 0.4) is 0 Å². The van der Waals surface area contributed by atoms with Crippen LogP contribution >= 0.6 is 0 Å². The second-order valence-corrected chi connectivity index (χ2v) is 15.3. The molecule has 0 spiro atoms. The molecule has 8 aromatic rings. The molecule has 0 nitrogen and oxygen atoms in total. The quantitative estimate of drug-likeness (QED) is 0.106. The second kappa shape index (κ2) is 15.1. The number of unbranched alkanes of at least 4 members (excludes halogenated alkanes) is 4. The average molecular weight is 679 g/mol. The van der Waals surface area contributed by atoms with E-state index < -0.39 is 0 Å². The molecule has 0 aliphatic rings. The van der Waals surface area contributed by atoms with Gasteiger partial charge in [0.05, 0.1) is 0 Å². The summed E-state index contributed by atoms with van der Waals surface area (Å²) in [5.41, 5.74) is 8.80. The van der Waals surface area contributed by atoms with Gasteiger partial charge < -0.3 is 0 Å². The number of aryl methyl sites for hydroxylation is 4. The predicted octanol–water partition coefficient (Wildman–Crippen LogP) is 15.6. The Labute approximate surface area is 310 Å². The minimum absolute atomic E-state index is 1.11. The molecule has 0 radical (unpaired) electrons. The molecule has 0 heteroatoms. The first kappa shape index (κ1) is 34.4. The average Bonchev–Trinajstić information content (AvgIpc) is 3.18. The van der Waals surface area contributed by atoms with Gasteiger partial charge in [0.15, 0.2) is 0 Å². The van der Waals surface area contributed by atoms with Crippen LogP contribution in [0, 0.1) is 0 Å². The van der Waals surface area contributed by atoms with Gasteiger partial charge in [-0.15, -0.1) is 0 Å². The highest BCUT2D eigenvalue weighted by Crippen LogP contribution is 2.42. The van der Waals surface area contributed by atoms with Crippen molar-refractivity contribution in [3.63, 3.8) is 0 Å². The van der Waals surface area contributed by atoms with Crippen molar-refractivity contribution in [3.8, 4) is 11.1 Å². The Morgan fingerprint density at radius 3 is 0.846 bits per heavy atom. The second-order valence-electron chi connectivity index (χ2n) is 15.3. The van der Waals surface area contributed by atoms with E-state index in [1.807, 2.05) is 0 Å². The first-order valence-corrected chi connectivity index (χ1v) is 20.4.